The quantitative estimate of drug-likeness (QED) is 0.812. The summed E-state index contributed by atoms with van der Waals surface area (Å²) in [6.07, 6.45) is -2.74. The Kier molecular flexibility index (Phi) is 3.17. The Morgan fingerprint density at radius 1 is 1.50 bits per heavy atom. The minimum absolute atomic E-state index is 0.0189. The van der Waals surface area contributed by atoms with E-state index in [1.165, 1.54) is 6.20 Å². The van der Waals surface area contributed by atoms with Crippen LogP contribution in [0.3, 0.4) is 0 Å². The van der Waals surface area contributed by atoms with Crippen molar-refractivity contribution in [2.45, 2.75) is 6.18 Å². The second-order valence-electron chi connectivity index (χ2n) is 2.79. The number of hydrogen-bond acceptors (Lipinski definition) is 4. The number of rotatable bonds is 3. The van der Waals surface area contributed by atoms with Gasteiger partial charge in [0.25, 0.3) is 6.01 Å². The van der Waals surface area contributed by atoms with Gasteiger partial charge in [-0.25, -0.2) is 4.98 Å². The molecule has 0 atom stereocenters. The molecule has 0 amide bonds. The van der Waals surface area contributed by atoms with Crippen LogP contribution in [0.2, 0.25) is 0 Å². The summed E-state index contributed by atoms with van der Waals surface area (Å²) >= 11 is 0. The fourth-order valence-corrected chi connectivity index (χ4v) is 0.714. The van der Waals surface area contributed by atoms with Crippen LogP contribution >= 0.6 is 0 Å². The number of nitrogen functional groups attached to an aromatic ring is 1. The number of nitrogens with zero attached hydrogens (tertiary/aromatic N) is 2. The third-order valence-corrected chi connectivity index (χ3v) is 1.55. The molecule has 1 aromatic rings. The molecule has 1 aromatic heterocycles. The maximum atomic E-state index is 12.0. The molecule has 4 nitrogen and oxygen atoms in total. The molecular formula is C9H8F3N3O. The Morgan fingerprint density at radius 2 is 2.12 bits per heavy atom. The van der Waals surface area contributed by atoms with Crippen molar-refractivity contribution >= 4 is 17.9 Å². The van der Waals surface area contributed by atoms with E-state index in [-0.39, 0.29) is 17.5 Å². The van der Waals surface area contributed by atoms with Gasteiger partial charge in [-0.3, -0.25) is 4.99 Å². The molecule has 0 saturated heterocycles. The fraction of sp³-hybridized carbons (Fsp3) is 0.111. The molecule has 1 rings (SSSR count). The average Bonchev–Trinajstić information content (AvgIpc) is 2.59. The number of nitrogens with two attached hydrogens (primary N) is 1. The molecule has 0 aromatic carbocycles. The van der Waals surface area contributed by atoms with Crippen molar-refractivity contribution < 1.29 is 17.6 Å². The van der Waals surface area contributed by atoms with Crippen LogP contribution in [0.5, 0.6) is 0 Å². The van der Waals surface area contributed by atoms with Gasteiger partial charge in [-0.15, -0.1) is 0 Å². The molecule has 16 heavy (non-hydrogen) atoms. The van der Waals surface area contributed by atoms with Crippen molar-refractivity contribution in [2.75, 3.05) is 5.73 Å². The molecule has 0 bridgehead atoms. The Labute approximate surface area is 89.0 Å². The van der Waals surface area contributed by atoms with Gasteiger partial charge in [0.15, 0.2) is 5.76 Å². The summed E-state index contributed by atoms with van der Waals surface area (Å²) in [7, 11) is 0. The van der Waals surface area contributed by atoms with Crippen molar-refractivity contribution in [2.24, 2.45) is 4.99 Å². The number of anilines is 1. The highest BCUT2D eigenvalue weighted by Crippen LogP contribution is 2.23. The Morgan fingerprint density at radius 3 is 2.56 bits per heavy atom. The molecule has 1 heterocycles. The first kappa shape index (κ1) is 12.0. The largest absolute Gasteiger partial charge is 0.422 e. The lowest BCUT2D eigenvalue weighted by Crippen LogP contribution is -2.11. The molecule has 2 N–H and O–H groups in total. The number of alkyl halides is 3. The highest BCUT2D eigenvalue weighted by atomic mass is 19.4. The zero-order chi connectivity index (χ0) is 12.3. The number of allylic oxidation sites excluding steroid dienone is 1. The van der Waals surface area contributed by atoms with Crippen LogP contribution in [0.25, 0.3) is 5.70 Å². The van der Waals surface area contributed by atoms with Crippen molar-refractivity contribution in [1.29, 1.82) is 0 Å². The van der Waals surface area contributed by atoms with Gasteiger partial charge in [0, 0.05) is 6.21 Å². The van der Waals surface area contributed by atoms with Gasteiger partial charge >= 0.3 is 6.18 Å². The molecule has 0 radical (unpaired) electrons. The minimum Gasteiger partial charge on any atom is -0.422 e. The molecule has 0 fully saturated rings. The van der Waals surface area contributed by atoms with Gasteiger partial charge in [0.05, 0.1) is 11.8 Å². The van der Waals surface area contributed by atoms with Crippen LogP contribution in [0.1, 0.15) is 5.76 Å². The Hall–Kier alpha value is -2.05. The number of aliphatic imine (C=N–C) groups is 1. The van der Waals surface area contributed by atoms with E-state index < -0.39 is 11.7 Å². The zero-order valence-electron chi connectivity index (χ0n) is 8.08. The average molecular weight is 231 g/mol. The van der Waals surface area contributed by atoms with E-state index in [0.29, 0.717) is 6.21 Å². The standard InChI is InChI=1S/C9H8F3N3O/c1-5(9(10,11)12)3-14-6(2)7-4-15-8(13)16-7/h3-4H,1-2H2,(H2,13,15). The van der Waals surface area contributed by atoms with Crippen molar-refractivity contribution in [3.63, 3.8) is 0 Å². The highest BCUT2D eigenvalue weighted by molar-refractivity contribution is 5.84. The van der Waals surface area contributed by atoms with E-state index in [4.69, 9.17) is 10.2 Å². The summed E-state index contributed by atoms with van der Waals surface area (Å²) in [4.78, 5) is 6.99. The molecule has 0 unspecified atom stereocenters. The van der Waals surface area contributed by atoms with Gasteiger partial charge < -0.3 is 10.2 Å². The highest BCUT2D eigenvalue weighted by Gasteiger charge is 2.30. The van der Waals surface area contributed by atoms with Gasteiger partial charge in [0.1, 0.15) is 5.70 Å². The normalized spacial score (nSPS) is 11.9. The smallest absolute Gasteiger partial charge is 0.417 e. The summed E-state index contributed by atoms with van der Waals surface area (Å²) in [5.74, 6) is 0.101. The molecule has 0 aliphatic carbocycles. The minimum atomic E-state index is -4.51. The lowest BCUT2D eigenvalue weighted by atomic mass is 10.3. The van der Waals surface area contributed by atoms with E-state index in [2.05, 4.69) is 23.1 Å². The number of aromatic nitrogens is 1. The van der Waals surface area contributed by atoms with Crippen molar-refractivity contribution in [3.05, 3.63) is 30.7 Å². The van der Waals surface area contributed by atoms with Gasteiger partial charge in [-0.1, -0.05) is 13.2 Å². The second-order valence-corrected chi connectivity index (χ2v) is 2.79. The van der Waals surface area contributed by atoms with E-state index >= 15 is 0 Å². The summed E-state index contributed by atoms with van der Waals surface area (Å²) in [6, 6.07) is -0.110. The topological polar surface area (TPSA) is 64.4 Å². The second kappa shape index (κ2) is 4.21. The van der Waals surface area contributed by atoms with Crippen molar-refractivity contribution in [3.8, 4) is 0 Å². The third-order valence-electron chi connectivity index (χ3n) is 1.55. The van der Waals surface area contributed by atoms with Crippen LogP contribution in [0.4, 0.5) is 19.2 Å². The van der Waals surface area contributed by atoms with E-state index in [1.807, 2.05) is 0 Å². The fourth-order valence-electron chi connectivity index (χ4n) is 0.714. The molecule has 0 aliphatic rings. The molecule has 0 spiro atoms. The summed E-state index contributed by atoms with van der Waals surface area (Å²) < 4.78 is 40.9. The first-order valence-corrected chi connectivity index (χ1v) is 4.01. The van der Waals surface area contributed by atoms with Crippen LogP contribution in [-0.4, -0.2) is 17.4 Å². The first-order valence-electron chi connectivity index (χ1n) is 4.01. The predicted octanol–water partition coefficient (Wildman–Crippen LogP) is 2.42. The van der Waals surface area contributed by atoms with Gasteiger partial charge in [0.2, 0.25) is 0 Å². The molecule has 7 heteroatoms. The monoisotopic (exact) mass is 231 g/mol. The van der Waals surface area contributed by atoms with E-state index in [1.54, 1.807) is 0 Å². The summed E-state index contributed by atoms with van der Waals surface area (Å²) in [5, 5.41) is 0. The van der Waals surface area contributed by atoms with Crippen LogP contribution in [0.15, 0.2) is 34.3 Å². The molecular weight excluding hydrogens is 223 g/mol. The number of hydrogen-bond donors (Lipinski definition) is 1. The zero-order valence-corrected chi connectivity index (χ0v) is 8.08. The van der Waals surface area contributed by atoms with Crippen LogP contribution < -0.4 is 5.73 Å². The first-order chi connectivity index (χ1) is 7.30. The van der Waals surface area contributed by atoms with E-state index in [9.17, 15) is 13.2 Å². The maximum absolute atomic E-state index is 12.0. The van der Waals surface area contributed by atoms with Crippen molar-refractivity contribution in [1.82, 2.24) is 4.98 Å². The number of oxazole rings is 1. The predicted molar refractivity (Wildman–Crippen MR) is 53.6 cm³/mol. The van der Waals surface area contributed by atoms with Gasteiger partial charge in [-0.05, 0) is 0 Å². The van der Waals surface area contributed by atoms with Crippen LogP contribution in [0, 0.1) is 0 Å². The van der Waals surface area contributed by atoms with E-state index in [0.717, 1.165) is 0 Å². The molecule has 0 aliphatic heterocycles. The SMILES string of the molecule is C=C(N=CC(=C)C(F)(F)F)c1cnc(N)o1. The van der Waals surface area contributed by atoms with Crippen LogP contribution in [-0.2, 0) is 0 Å². The molecule has 0 saturated carbocycles. The third kappa shape index (κ3) is 2.97. The lowest BCUT2D eigenvalue weighted by Gasteiger charge is -2.03. The summed E-state index contributed by atoms with van der Waals surface area (Å²) in [5.41, 5.74) is 4.07. The maximum Gasteiger partial charge on any atom is 0.417 e. The lowest BCUT2D eigenvalue weighted by molar-refractivity contribution is -0.0852. The Bertz CT molecular complexity index is 445. The number of halogens is 3. The summed E-state index contributed by atoms with van der Waals surface area (Å²) in [6.45, 7) is 6.21. The Balaban J connectivity index is 2.72. The van der Waals surface area contributed by atoms with Gasteiger partial charge in [-0.2, -0.15) is 13.2 Å². The molecule has 86 valence electrons.